The monoisotopic (exact) mass is 244 g/mol. The summed E-state index contributed by atoms with van der Waals surface area (Å²) in [6.07, 6.45) is 3.41. The minimum absolute atomic E-state index is 0.603. The van der Waals surface area contributed by atoms with Gasteiger partial charge in [0.25, 0.3) is 0 Å². The third kappa shape index (κ3) is 2.94. The molecule has 2 heteroatoms. The first-order chi connectivity index (χ1) is 8.58. The maximum absolute atomic E-state index is 2.36. The van der Waals surface area contributed by atoms with Crippen molar-refractivity contribution in [1.29, 1.82) is 0 Å². The standard InChI is InChI=1S/C16H24N2/c1-13(2)14-6-7-16-15(12-14)8-11-18(16)10-5-9-17(3)4/h6-8,11-13H,5,9-10H2,1-4H3. The van der Waals surface area contributed by atoms with Crippen molar-refractivity contribution in [3.63, 3.8) is 0 Å². The zero-order valence-electron chi connectivity index (χ0n) is 12.0. The van der Waals surface area contributed by atoms with Crippen LogP contribution in [0.3, 0.4) is 0 Å². The van der Waals surface area contributed by atoms with Crippen LogP contribution in [-0.2, 0) is 6.54 Å². The van der Waals surface area contributed by atoms with Crippen LogP contribution in [0.5, 0.6) is 0 Å². The van der Waals surface area contributed by atoms with E-state index in [9.17, 15) is 0 Å². The molecule has 0 saturated heterocycles. The van der Waals surface area contributed by atoms with Crippen molar-refractivity contribution in [1.82, 2.24) is 9.47 Å². The van der Waals surface area contributed by atoms with Crippen molar-refractivity contribution in [3.8, 4) is 0 Å². The highest BCUT2D eigenvalue weighted by atomic mass is 15.1. The van der Waals surface area contributed by atoms with E-state index in [1.165, 1.54) is 22.9 Å². The van der Waals surface area contributed by atoms with Gasteiger partial charge in [-0.3, -0.25) is 0 Å². The van der Waals surface area contributed by atoms with Gasteiger partial charge in [-0.25, -0.2) is 0 Å². The molecule has 0 bridgehead atoms. The molecule has 0 aliphatic carbocycles. The van der Waals surface area contributed by atoms with Gasteiger partial charge in [-0.1, -0.05) is 19.9 Å². The summed E-state index contributed by atoms with van der Waals surface area (Å²) in [6, 6.07) is 9.08. The highest BCUT2D eigenvalue weighted by Crippen LogP contribution is 2.22. The fourth-order valence-corrected chi connectivity index (χ4v) is 2.33. The molecule has 1 heterocycles. The summed E-state index contributed by atoms with van der Waals surface area (Å²) >= 11 is 0. The van der Waals surface area contributed by atoms with Gasteiger partial charge < -0.3 is 9.47 Å². The van der Waals surface area contributed by atoms with Gasteiger partial charge in [0.2, 0.25) is 0 Å². The summed E-state index contributed by atoms with van der Waals surface area (Å²) in [5, 5.41) is 1.37. The van der Waals surface area contributed by atoms with Crippen molar-refractivity contribution in [2.45, 2.75) is 32.7 Å². The van der Waals surface area contributed by atoms with E-state index in [0.717, 1.165) is 13.1 Å². The lowest BCUT2D eigenvalue weighted by Gasteiger charge is -2.11. The first kappa shape index (κ1) is 13.2. The van der Waals surface area contributed by atoms with Gasteiger partial charge in [-0.2, -0.15) is 0 Å². The number of hydrogen-bond donors (Lipinski definition) is 0. The molecular formula is C16H24N2. The Morgan fingerprint density at radius 3 is 2.61 bits per heavy atom. The van der Waals surface area contributed by atoms with Crippen LogP contribution >= 0.6 is 0 Å². The largest absolute Gasteiger partial charge is 0.347 e. The van der Waals surface area contributed by atoms with Crippen molar-refractivity contribution in [2.24, 2.45) is 0 Å². The Morgan fingerprint density at radius 1 is 1.17 bits per heavy atom. The average molecular weight is 244 g/mol. The van der Waals surface area contributed by atoms with Gasteiger partial charge in [-0.05, 0) is 62.1 Å². The summed E-state index contributed by atoms with van der Waals surface area (Å²) < 4.78 is 2.36. The van der Waals surface area contributed by atoms with Crippen LogP contribution in [0.2, 0.25) is 0 Å². The molecule has 0 radical (unpaired) electrons. The van der Waals surface area contributed by atoms with Gasteiger partial charge in [0.05, 0.1) is 0 Å². The molecule has 1 aromatic heterocycles. The topological polar surface area (TPSA) is 8.17 Å². The van der Waals surface area contributed by atoms with Crippen molar-refractivity contribution >= 4 is 10.9 Å². The van der Waals surface area contributed by atoms with E-state index in [1.807, 2.05) is 0 Å². The summed E-state index contributed by atoms with van der Waals surface area (Å²) in [6.45, 7) is 6.73. The molecule has 0 unspecified atom stereocenters. The van der Waals surface area contributed by atoms with E-state index in [1.54, 1.807) is 0 Å². The molecule has 98 valence electrons. The molecular weight excluding hydrogens is 220 g/mol. The summed E-state index contributed by atoms with van der Waals surface area (Å²) in [4.78, 5) is 2.24. The molecule has 0 aliphatic rings. The van der Waals surface area contributed by atoms with E-state index in [-0.39, 0.29) is 0 Å². The Hall–Kier alpha value is -1.28. The quantitative estimate of drug-likeness (QED) is 0.778. The fourth-order valence-electron chi connectivity index (χ4n) is 2.33. The second-order valence-electron chi connectivity index (χ2n) is 5.64. The molecule has 0 amide bonds. The highest BCUT2D eigenvalue weighted by Gasteiger charge is 2.04. The molecule has 0 atom stereocenters. The predicted molar refractivity (Wildman–Crippen MR) is 79.2 cm³/mol. The molecule has 1 aromatic carbocycles. The third-order valence-electron chi connectivity index (χ3n) is 3.47. The lowest BCUT2D eigenvalue weighted by molar-refractivity contribution is 0.388. The minimum atomic E-state index is 0.603. The third-order valence-corrected chi connectivity index (χ3v) is 3.47. The number of benzene rings is 1. The average Bonchev–Trinajstić information content (AvgIpc) is 2.71. The molecule has 0 N–H and O–H groups in total. The van der Waals surface area contributed by atoms with E-state index in [0.29, 0.717) is 5.92 Å². The predicted octanol–water partition coefficient (Wildman–Crippen LogP) is 3.72. The number of fused-ring (bicyclic) bond motifs is 1. The van der Waals surface area contributed by atoms with Crippen LogP contribution in [0.15, 0.2) is 30.5 Å². The first-order valence-electron chi connectivity index (χ1n) is 6.81. The molecule has 2 rings (SSSR count). The maximum Gasteiger partial charge on any atom is 0.0480 e. The second-order valence-corrected chi connectivity index (χ2v) is 5.64. The van der Waals surface area contributed by atoms with Crippen molar-refractivity contribution in [2.75, 3.05) is 20.6 Å². The second kappa shape index (κ2) is 5.57. The molecule has 0 fully saturated rings. The van der Waals surface area contributed by atoms with Crippen LogP contribution in [0.4, 0.5) is 0 Å². The van der Waals surface area contributed by atoms with Gasteiger partial charge in [0.15, 0.2) is 0 Å². The lowest BCUT2D eigenvalue weighted by Crippen LogP contribution is -2.14. The maximum atomic E-state index is 2.36. The summed E-state index contributed by atoms with van der Waals surface area (Å²) in [5.41, 5.74) is 2.78. The number of hydrogen-bond acceptors (Lipinski definition) is 1. The molecule has 0 saturated carbocycles. The lowest BCUT2D eigenvalue weighted by atomic mass is 10.0. The molecule has 2 aromatic rings. The SMILES string of the molecule is CC(C)c1ccc2c(ccn2CCCN(C)C)c1. The Kier molecular flexibility index (Phi) is 4.07. The van der Waals surface area contributed by atoms with E-state index in [4.69, 9.17) is 0 Å². The first-order valence-corrected chi connectivity index (χ1v) is 6.81. The van der Waals surface area contributed by atoms with Crippen LogP contribution < -0.4 is 0 Å². The van der Waals surface area contributed by atoms with Gasteiger partial charge >= 0.3 is 0 Å². The van der Waals surface area contributed by atoms with Crippen molar-refractivity contribution in [3.05, 3.63) is 36.0 Å². The van der Waals surface area contributed by atoms with Gasteiger partial charge in [0.1, 0.15) is 0 Å². The van der Waals surface area contributed by atoms with Crippen LogP contribution in [0.25, 0.3) is 10.9 Å². The zero-order chi connectivity index (χ0) is 13.1. The molecule has 0 aliphatic heterocycles. The molecule has 18 heavy (non-hydrogen) atoms. The summed E-state index contributed by atoms with van der Waals surface area (Å²) in [5.74, 6) is 0.603. The number of nitrogens with zero attached hydrogens (tertiary/aromatic N) is 2. The van der Waals surface area contributed by atoms with Crippen LogP contribution in [0.1, 0.15) is 31.7 Å². The number of aromatic nitrogens is 1. The zero-order valence-corrected chi connectivity index (χ0v) is 12.0. The van der Waals surface area contributed by atoms with Crippen LogP contribution in [0, 0.1) is 0 Å². The molecule has 2 nitrogen and oxygen atoms in total. The van der Waals surface area contributed by atoms with Gasteiger partial charge in [0, 0.05) is 18.3 Å². The van der Waals surface area contributed by atoms with Crippen LogP contribution in [-0.4, -0.2) is 30.1 Å². The minimum Gasteiger partial charge on any atom is -0.347 e. The number of aryl methyl sites for hydroxylation is 1. The van der Waals surface area contributed by atoms with Crippen molar-refractivity contribution < 1.29 is 0 Å². The fraction of sp³-hybridized carbons (Fsp3) is 0.500. The number of rotatable bonds is 5. The molecule has 0 spiro atoms. The Bertz CT molecular complexity index is 509. The van der Waals surface area contributed by atoms with E-state index >= 15 is 0 Å². The Labute approximate surface area is 110 Å². The normalized spacial score (nSPS) is 11.9. The van der Waals surface area contributed by atoms with E-state index < -0.39 is 0 Å². The Balaban J connectivity index is 2.16. The van der Waals surface area contributed by atoms with E-state index in [2.05, 4.69) is 67.9 Å². The summed E-state index contributed by atoms with van der Waals surface area (Å²) in [7, 11) is 4.26. The Morgan fingerprint density at radius 2 is 1.94 bits per heavy atom. The van der Waals surface area contributed by atoms with Gasteiger partial charge in [-0.15, -0.1) is 0 Å². The smallest absolute Gasteiger partial charge is 0.0480 e. The highest BCUT2D eigenvalue weighted by molar-refractivity contribution is 5.81.